The molecule has 1 aliphatic carbocycles. The van der Waals surface area contributed by atoms with Crippen LogP contribution in [0.3, 0.4) is 0 Å². The number of hydrogen-bond donors (Lipinski definition) is 1. The first-order valence-corrected chi connectivity index (χ1v) is 8.77. The maximum absolute atomic E-state index is 11.6. The Balaban J connectivity index is 1.83. The Morgan fingerprint density at radius 1 is 1.44 bits per heavy atom. The lowest BCUT2D eigenvalue weighted by Gasteiger charge is -2.25. The van der Waals surface area contributed by atoms with Crippen molar-refractivity contribution in [2.75, 3.05) is 19.3 Å². The van der Waals surface area contributed by atoms with Gasteiger partial charge in [-0.1, -0.05) is 13.8 Å². The highest BCUT2D eigenvalue weighted by Crippen LogP contribution is 2.53. The van der Waals surface area contributed by atoms with Crippen LogP contribution in [0.5, 0.6) is 0 Å². The Labute approximate surface area is 111 Å². The summed E-state index contributed by atoms with van der Waals surface area (Å²) >= 11 is 0. The summed E-state index contributed by atoms with van der Waals surface area (Å²) in [5, 5.41) is 3.54. The summed E-state index contributed by atoms with van der Waals surface area (Å²) in [5.41, 5.74) is 0.471. The molecule has 0 radical (unpaired) electrons. The molecule has 0 unspecified atom stereocenters. The van der Waals surface area contributed by atoms with E-state index in [1.54, 1.807) is 4.31 Å². The van der Waals surface area contributed by atoms with Gasteiger partial charge in [0.05, 0.1) is 6.26 Å². The Hall–Kier alpha value is -0.130. The standard InChI is InChI=1S/C13H26N2O2S/c1-10(12-8-13(12,2)3)14-9-11-6-5-7-15(11)18(4,16)17/h10-12,14H,5-9H2,1-4H3/t10-,11-,12+/m1/s1. The molecule has 0 bridgehead atoms. The van der Waals surface area contributed by atoms with Crippen LogP contribution in [0.1, 0.15) is 40.0 Å². The predicted octanol–water partition coefficient (Wildman–Crippen LogP) is 1.43. The van der Waals surface area contributed by atoms with Crippen LogP contribution in [0.2, 0.25) is 0 Å². The second-order valence-electron chi connectivity index (χ2n) is 6.67. The normalized spacial score (nSPS) is 33.6. The molecule has 1 N–H and O–H groups in total. The van der Waals surface area contributed by atoms with Gasteiger partial charge in [-0.25, -0.2) is 8.42 Å². The first kappa shape index (κ1) is 14.3. The fourth-order valence-corrected chi connectivity index (χ4v) is 4.46. The van der Waals surface area contributed by atoms with Crippen molar-refractivity contribution >= 4 is 10.0 Å². The predicted molar refractivity (Wildman–Crippen MR) is 73.9 cm³/mol. The second-order valence-corrected chi connectivity index (χ2v) is 8.60. The van der Waals surface area contributed by atoms with Crippen LogP contribution in [-0.2, 0) is 10.0 Å². The van der Waals surface area contributed by atoms with E-state index in [1.165, 1.54) is 12.7 Å². The van der Waals surface area contributed by atoms with Crippen molar-refractivity contribution in [1.82, 2.24) is 9.62 Å². The van der Waals surface area contributed by atoms with E-state index in [-0.39, 0.29) is 6.04 Å². The van der Waals surface area contributed by atoms with Crippen molar-refractivity contribution in [1.29, 1.82) is 0 Å². The fraction of sp³-hybridized carbons (Fsp3) is 1.00. The molecule has 1 saturated carbocycles. The lowest BCUT2D eigenvalue weighted by molar-refractivity contribution is 0.343. The first-order valence-electron chi connectivity index (χ1n) is 6.92. The molecule has 3 atom stereocenters. The molecule has 1 heterocycles. The van der Waals surface area contributed by atoms with Crippen LogP contribution in [0.25, 0.3) is 0 Å². The quantitative estimate of drug-likeness (QED) is 0.825. The molecule has 1 aliphatic heterocycles. The smallest absolute Gasteiger partial charge is 0.211 e. The fourth-order valence-electron chi connectivity index (χ4n) is 3.28. The van der Waals surface area contributed by atoms with Gasteiger partial charge in [0.15, 0.2) is 0 Å². The Morgan fingerprint density at radius 2 is 2.06 bits per heavy atom. The van der Waals surface area contributed by atoms with Gasteiger partial charge in [-0.2, -0.15) is 4.31 Å². The first-order chi connectivity index (χ1) is 8.22. The Morgan fingerprint density at radius 3 is 2.56 bits per heavy atom. The SMILES string of the molecule is C[C@@H](NC[C@H]1CCCN1S(C)(=O)=O)[C@@H]1CC1(C)C. The molecule has 2 rings (SSSR count). The minimum atomic E-state index is -3.03. The summed E-state index contributed by atoms with van der Waals surface area (Å²) < 4.78 is 24.9. The summed E-state index contributed by atoms with van der Waals surface area (Å²) in [7, 11) is -3.03. The number of nitrogens with one attached hydrogen (secondary N) is 1. The van der Waals surface area contributed by atoms with Gasteiger partial charge in [0.2, 0.25) is 10.0 Å². The molecule has 0 aromatic heterocycles. The third-order valence-electron chi connectivity index (χ3n) is 4.62. The molecule has 2 fully saturated rings. The average molecular weight is 274 g/mol. The molecule has 1 saturated heterocycles. The average Bonchev–Trinajstić information content (AvgIpc) is 2.70. The molecule has 0 aromatic carbocycles. The van der Waals surface area contributed by atoms with Crippen molar-refractivity contribution in [2.24, 2.45) is 11.3 Å². The highest BCUT2D eigenvalue weighted by Gasteiger charge is 2.48. The van der Waals surface area contributed by atoms with E-state index in [0.29, 0.717) is 18.0 Å². The van der Waals surface area contributed by atoms with Crippen LogP contribution in [0.4, 0.5) is 0 Å². The van der Waals surface area contributed by atoms with Crippen LogP contribution >= 0.6 is 0 Å². The van der Waals surface area contributed by atoms with Gasteiger partial charge < -0.3 is 5.32 Å². The maximum atomic E-state index is 11.6. The van der Waals surface area contributed by atoms with Crippen LogP contribution in [0.15, 0.2) is 0 Å². The number of rotatable bonds is 5. The van der Waals surface area contributed by atoms with Gasteiger partial charge in [-0.05, 0) is 37.5 Å². The highest BCUT2D eigenvalue weighted by atomic mass is 32.2. The maximum Gasteiger partial charge on any atom is 0.211 e. The van der Waals surface area contributed by atoms with Gasteiger partial charge in [-0.3, -0.25) is 0 Å². The minimum Gasteiger partial charge on any atom is -0.312 e. The van der Waals surface area contributed by atoms with E-state index in [1.807, 2.05) is 0 Å². The summed E-state index contributed by atoms with van der Waals surface area (Å²) in [5.74, 6) is 0.741. The summed E-state index contributed by atoms with van der Waals surface area (Å²) in [6, 6.07) is 0.645. The van der Waals surface area contributed by atoms with E-state index in [2.05, 4.69) is 26.1 Å². The van der Waals surface area contributed by atoms with Crippen molar-refractivity contribution in [3.8, 4) is 0 Å². The summed E-state index contributed by atoms with van der Waals surface area (Å²) in [6.07, 6.45) is 4.57. The molecular formula is C13H26N2O2S. The van der Waals surface area contributed by atoms with Gasteiger partial charge >= 0.3 is 0 Å². The number of hydrogen-bond acceptors (Lipinski definition) is 3. The van der Waals surface area contributed by atoms with Gasteiger partial charge in [-0.15, -0.1) is 0 Å². The molecule has 0 amide bonds. The molecule has 0 spiro atoms. The third kappa shape index (κ3) is 3.06. The summed E-state index contributed by atoms with van der Waals surface area (Å²) in [4.78, 5) is 0. The molecule has 18 heavy (non-hydrogen) atoms. The van der Waals surface area contributed by atoms with Crippen LogP contribution in [0, 0.1) is 11.3 Å². The van der Waals surface area contributed by atoms with Crippen LogP contribution < -0.4 is 5.32 Å². The highest BCUT2D eigenvalue weighted by molar-refractivity contribution is 7.88. The Kier molecular flexibility index (Phi) is 3.78. The minimum absolute atomic E-state index is 0.157. The molecule has 2 aliphatic rings. The number of sulfonamides is 1. The monoisotopic (exact) mass is 274 g/mol. The second kappa shape index (κ2) is 4.76. The van der Waals surface area contributed by atoms with E-state index in [4.69, 9.17) is 0 Å². The zero-order chi connectivity index (χ0) is 13.6. The van der Waals surface area contributed by atoms with E-state index < -0.39 is 10.0 Å². The zero-order valence-electron chi connectivity index (χ0n) is 11.9. The van der Waals surface area contributed by atoms with Gasteiger partial charge in [0.25, 0.3) is 0 Å². The zero-order valence-corrected chi connectivity index (χ0v) is 12.8. The van der Waals surface area contributed by atoms with Crippen LogP contribution in [-0.4, -0.2) is 44.2 Å². The largest absolute Gasteiger partial charge is 0.312 e. The van der Waals surface area contributed by atoms with E-state index >= 15 is 0 Å². The van der Waals surface area contributed by atoms with E-state index in [9.17, 15) is 8.42 Å². The summed E-state index contributed by atoms with van der Waals surface area (Å²) in [6.45, 7) is 8.30. The van der Waals surface area contributed by atoms with E-state index in [0.717, 1.165) is 25.3 Å². The van der Waals surface area contributed by atoms with Gasteiger partial charge in [0, 0.05) is 25.2 Å². The Bertz CT molecular complexity index is 405. The lowest BCUT2D eigenvalue weighted by Crippen LogP contribution is -2.44. The van der Waals surface area contributed by atoms with Gasteiger partial charge in [0.1, 0.15) is 0 Å². The van der Waals surface area contributed by atoms with Crippen molar-refractivity contribution < 1.29 is 8.42 Å². The third-order valence-corrected chi connectivity index (χ3v) is 5.95. The molecule has 4 nitrogen and oxygen atoms in total. The van der Waals surface area contributed by atoms with Crippen molar-refractivity contribution in [2.45, 2.75) is 52.1 Å². The van der Waals surface area contributed by atoms with Crippen molar-refractivity contribution in [3.05, 3.63) is 0 Å². The molecule has 106 valence electrons. The molecule has 0 aromatic rings. The lowest BCUT2D eigenvalue weighted by atomic mass is 10.0. The van der Waals surface area contributed by atoms with Crippen molar-refractivity contribution in [3.63, 3.8) is 0 Å². The molecule has 5 heteroatoms. The number of nitrogens with zero attached hydrogens (tertiary/aromatic N) is 1. The topological polar surface area (TPSA) is 49.4 Å². The molecular weight excluding hydrogens is 248 g/mol.